The maximum Gasteiger partial charge on any atom is 0.257 e. The van der Waals surface area contributed by atoms with Crippen molar-refractivity contribution in [3.63, 3.8) is 0 Å². The molecule has 2 rings (SSSR count). The molecule has 1 aromatic rings. The molecule has 0 bridgehead atoms. The van der Waals surface area contributed by atoms with Crippen molar-refractivity contribution in [2.75, 3.05) is 19.7 Å². The molecule has 0 aliphatic carbocycles. The van der Waals surface area contributed by atoms with Crippen LogP contribution in [0.5, 0.6) is 0 Å². The number of nitrogens with zero attached hydrogens (tertiary/aromatic N) is 1. The Bertz CT molecular complexity index is 481. The zero-order chi connectivity index (χ0) is 13.3. The highest BCUT2D eigenvalue weighted by atomic mass is 79.9. The van der Waals surface area contributed by atoms with Crippen molar-refractivity contribution in [2.45, 2.75) is 13.0 Å². The van der Waals surface area contributed by atoms with E-state index in [1.165, 1.54) is 11.0 Å². The molecule has 0 radical (unpaired) electrons. The van der Waals surface area contributed by atoms with Crippen molar-refractivity contribution in [1.29, 1.82) is 0 Å². The normalized spacial score (nSPS) is 20.0. The minimum absolute atomic E-state index is 0.0744. The van der Waals surface area contributed by atoms with Gasteiger partial charge in [0.2, 0.25) is 0 Å². The molecule has 18 heavy (non-hydrogen) atoms. The van der Waals surface area contributed by atoms with Gasteiger partial charge < -0.3 is 9.64 Å². The minimum Gasteiger partial charge on any atom is -0.375 e. The van der Waals surface area contributed by atoms with E-state index in [2.05, 4.69) is 15.9 Å². The van der Waals surface area contributed by atoms with Crippen LogP contribution in [0.25, 0.3) is 0 Å². The fourth-order valence-corrected chi connectivity index (χ4v) is 2.20. The second-order valence-corrected chi connectivity index (χ2v) is 5.03. The predicted octanol–water partition coefficient (Wildman–Crippen LogP) is 2.59. The fraction of sp³-hybridized carbons (Fsp3) is 0.417. The van der Waals surface area contributed by atoms with Crippen LogP contribution < -0.4 is 0 Å². The number of carbonyl (C=O) groups is 1. The molecule has 6 heteroatoms. The Morgan fingerprint density at radius 3 is 2.83 bits per heavy atom. The molecule has 98 valence electrons. The Morgan fingerprint density at radius 1 is 1.44 bits per heavy atom. The molecule has 0 N–H and O–H groups in total. The first-order valence-corrected chi connectivity index (χ1v) is 6.33. The summed E-state index contributed by atoms with van der Waals surface area (Å²) in [5.74, 6) is -2.01. The van der Waals surface area contributed by atoms with Crippen LogP contribution in [0.15, 0.2) is 16.6 Å². The average Bonchev–Trinajstić information content (AvgIpc) is 2.33. The molecule has 3 nitrogen and oxygen atoms in total. The van der Waals surface area contributed by atoms with Crippen LogP contribution >= 0.6 is 15.9 Å². The Hall–Kier alpha value is -1.01. The van der Waals surface area contributed by atoms with Crippen LogP contribution in [0, 0.1) is 11.6 Å². The van der Waals surface area contributed by atoms with Gasteiger partial charge >= 0.3 is 0 Å². The van der Waals surface area contributed by atoms with Crippen LogP contribution in [-0.2, 0) is 4.74 Å². The number of amides is 1. The summed E-state index contributed by atoms with van der Waals surface area (Å²) in [6.45, 7) is 3.10. The van der Waals surface area contributed by atoms with Crippen molar-refractivity contribution in [3.05, 3.63) is 33.8 Å². The maximum atomic E-state index is 13.6. The zero-order valence-corrected chi connectivity index (χ0v) is 11.3. The van der Waals surface area contributed by atoms with Crippen molar-refractivity contribution >= 4 is 21.8 Å². The second-order valence-electron chi connectivity index (χ2n) is 4.18. The van der Waals surface area contributed by atoms with Crippen LogP contribution in [0.4, 0.5) is 8.78 Å². The Labute approximate surface area is 112 Å². The number of morpholine rings is 1. The van der Waals surface area contributed by atoms with Gasteiger partial charge in [-0.2, -0.15) is 0 Å². The van der Waals surface area contributed by atoms with Crippen LogP contribution in [0.2, 0.25) is 0 Å². The first-order chi connectivity index (χ1) is 8.49. The summed E-state index contributed by atoms with van der Waals surface area (Å²) in [7, 11) is 0. The molecule has 1 saturated heterocycles. The smallest absolute Gasteiger partial charge is 0.257 e. The lowest BCUT2D eigenvalue weighted by molar-refractivity contribution is -0.0125. The van der Waals surface area contributed by atoms with E-state index in [0.717, 1.165) is 0 Å². The van der Waals surface area contributed by atoms with E-state index in [-0.39, 0.29) is 16.1 Å². The van der Waals surface area contributed by atoms with Gasteiger partial charge in [-0.3, -0.25) is 4.79 Å². The zero-order valence-electron chi connectivity index (χ0n) is 9.75. The summed E-state index contributed by atoms with van der Waals surface area (Å²) >= 11 is 2.95. The molecule has 1 amide bonds. The quantitative estimate of drug-likeness (QED) is 0.745. The third-order valence-electron chi connectivity index (χ3n) is 2.77. The van der Waals surface area contributed by atoms with Gasteiger partial charge in [0.15, 0.2) is 0 Å². The number of benzene rings is 1. The third-order valence-corrected chi connectivity index (χ3v) is 3.38. The van der Waals surface area contributed by atoms with E-state index < -0.39 is 17.5 Å². The summed E-state index contributed by atoms with van der Waals surface area (Å²) in [5, 5.41) is 0. The lowest BCUT2D eigenvalue weighted by Crippen LogP contribution is -2.44. The van der Waals surface area contributed by atoms with Crippen LogP contribution in [0.3, 0.4) is 0 Å². The SMILES string of the molecule is C[C@H]1CN(C(=O)c2cc(Br)c(F)cc2F)CCO1. The van der Waals surface area contributed by atoms with Crippen molar-refractivity contribution in [3.8, 4) is 0 Å². The van der Waals surface area contributed by atoms with E-state index >= 15 is 0 Å². The van der Waals surface area contributed by atoms with Gasteiger partial charge in [0.25, 0.3) is 5.91 Å². The van der Waals surface area contributed by atoms with Gasteiger partial charge in [0.1, 0.15) is 11.6 Å². The Balaban J connectivity index is 2.25. The Morgan fingerprint density at radius 2 is 2.17 bits per heavy atom. The minimum atomic E-state index is -0.847. The highest BCUT2D eigenvalue weighted by Gasteiger charge is 2.25. The van der Waals surface area contributed by atoms with E-state index in [1.54, 1.807) is 0 Å². The number of hydrogen-bond donors (Lipinski definition) is 0. The summed E-state index contributed by atoms with van der Waals surface area (Å²) < 4.78 is 32.1. The van der Waals surface area contributed by atoms with Gasteiger partial charge in [-0.1, -0.05) is 0 Å². The largest absolute Gasteiger partial charge is 0.375 e. The second kappa shape index (κ2) is 5.32. The van der Waals surface area contributed by atoms with Gasteiger partial charge in [0, 0.05) is 19.2 Å². The summed E-state index contributed by atoms with van der Waals surface area (Å²) in [6.07, 6.45) is -0.0744. The standard InChI is InChI=1S/C12H12BrF2NO2/c1-7-6-16(2-3-18-7)12(17)8-4-9(13)11(15)5-10(8)14/h4-5,7H,2-3,6H2,1H3/t7-/m0/s1. The third kappa shape index (κ3) is 2.70. The highest BCUT2D eigenvalue weighted by Crippen LogP contribution is 2.22. The summed E-state index contributed by atoms with van der Waals surface area (Å²) in [6, 6.07) is 1.88. The predicted molar refractivity (Wildman–Crippen MR) is 65.4 cm³/mol. The molecule has 1 heterocycles. The summed E-state index contributed by atoms with van der Waals surface area (Å²) in [4.78, 5) is 13.6. The van der Waals surface area contributed by atoms with E-state index in [1.807, 2.05) is 6.92 Å². The first-order valence-electron chi connectivity index (χ1n) is 5.54. The topological polar surface area (TPSA) is 29.5 Å². The van der Waals surface area contributed by atoms with Gasteiger partial charge in [0.05, 0.1) is 22.7 Å². The molecule has 1 fully saturated rings. The molecular weight excluding hydrogens is 308 g/mol. The molecule has 1 atom stereocenters. The monoisotopic (exact) mass is 319 g/mol. The summed E-state index contributed by atoms with van der Waals surface area (Å²) in [5.41, 5.74) is -0.127. The molecule has 0 unspecified atom stereocenters. The lowest BCUT2D eigenvalue weighted by Gasteiger charge is -2.31. The fourth-order valence-electron chi connectivity index (χ4n) is 1.86. The van der Waals surface area contributed by atoms with Gasteiger partial charge in [-0.25, -0.2) is 8.78 Å². The van der Waals surface area contributed by atoms with Gasteiger partial charge in [-0.15, -0.1) is 0 Å². The Kier molecular flexibility index (Phi) is 3.97. The van der Waals surface area contributed by atoms with E-state index in [9.17, 15) is 13.6 Å². The molecular formula is C12H12BrF2NO2. The maximum absolute atomic E-state index is 13.6. The number of rotatable bonds is 1. The number of ether oxygens (including phenoxy) is 1. The molecule has 0 spiro atoms. The first kappa shape index (κ1) is 13.4. The van der Waals surface area contributed by atoms with E-state index in [4.69, 9.17) is 4.74 Å². The molecule has 1 aromatic carbocycles. The van der Waals surface area contributed by atoms with E-state index in [0.29, 0.717) is 25.8 Å². The van der Waals surface area contributed by atoms with Crippen molar-refractivity contribution in [1.82, 2.24) is 4.90 Å². The average molecular weight is 320 g/mol. The van der Waals surface area contributed by atoms with Crippen LogP contribution in [-0.4, -0.2) is 36.6 Å². The lowest BCUT2D eigenvalue weighted by atomic mass is 10.1. The van der Waals surface area contributed by atoms with Crippen LogP contribution in [0.1, 0.15) is 17.3 Å². The van der Waals surface area contributed by atoms with Crippen molar-refractivity contribution in [2.24, 2.45) is 0 Å². The number of halogens is 3. The molecule has 0 aromatic heterocycles. The number of hydrogen-bond acceptors (Lipinski definition) is 2. The van der Waals surface area contributed by atoms with Gasteiger partial charge in [-0.05, 0) is 28.9 Å². The van der Waals surface area contributed by atoms with Crippen molar-refractivity contribution < 1.29 is 18.3 Å². The number of carbonyl (C=O) groups excluding carboxylic acids is 1. The molecule has 1 aliphatic rings. The highest BCUT2D eigenvalue weighted by molar-refractivity contribution is 9.10. The molecule has 0 saturated carbocycles. The molecule has 1 aliphatic heterocycles.